The Morgan fingerprint density at radius 2 is 1.79 bits per heavy atom. The SMILES string of the molecule is NC(=O)c1ccc(OCC(=O)N(C2CC2)[C@@H]2CCS(=O)(=O)C2)cc1. The number of nitrogens with two attached hydrogens (primary N) is 1. The number of rotatable bonds is 6. The Kier molecular flexibility index (Phi) is 4.49. The van der Waals surface area contributed by atoms with Gasteiger partial charge in [0.15, 0.2) is 16.4 Å². The average molecular weight is 352 g/mol. The number of primary amides is 1. The van der Waals surface area contributed by atoms with Crippen LogP contribution in [0.2, 0.25) is 0 Å². The molecule has 1 atom stereocenters. The highest BCUT2D eigenvalue weighted by Gasteiger charge is 2.42. The van der Waals surface area contributed by atoms with Crippen molar-refractivity contribution in [2.75, 3.05) is 18.1 Å². The van der Waals surface area contributed by atoms with E-state index in [0.717, 1.165) is 12.8 Å². The molecular weight excluding hydrogens is 332 g/mol. The van der Waals surface area contributed by atoms with Gasteiger partial charge < -0.3 is 15.4 Å². The van der Waals surface area contributed by atoms with Crippen LogP contribution in [0.3, 0.4) is 0 Å². The molecule has 0 unspecified atom stereocenters. The molecule has 1 aromatic carbocycles. The second kappa shape index (κ2) is 6.43. The average Bonchev–Trinajstić information content (AvgIpc) is 3.29. The highest BCUT2D eigenvalue weighted by atomic mass is 32.2. The highest BCUT2D eigenvalue weighted by Crippen LogP contribution is 2.32. The molecule has 8 heteroatoms. The zero-order valence-corrected chi connectivity index (χ0v) is 14.0. The molecule has 2 fully saturated rings. The predicted molar refractivity (Wildman–Crippen MR) is 87.4 cm³/mol. The third-order valence-electron chi connectivity index (χ3n) is 4.33. The van der Waals surface area contributed by atoms with E-state index in [9.17, 15) is 18.0 Å². The molecule has 0 bridgehead atoms. The maximum atomic E-state index is 12.5. The van der Waals surface area contributed by atoms with Crippen LogP contribution >= 0.6 is 0 Å². The lowest BCUT2D eigenvalue weighted by Gasteiger charge is -2.28. The summed E-state index contributed by atoms with van der Waals surface area (Å²) in [6.45, 7) is -0.150. The van der Waals surface area contributed by atoms with Gasteiger partial charge in [-0.2, -0.15) is 0 Å². The fourth-order valence-corrected chi connectivity index (χ4v) is 4.70. The van der Waals surface area contributed by atoms with Crippen molar-refractivity contribution < 1.29 is 22.7 Å². The molecule has 1 heterocycles. The lowest BCUT2D eigenvalue weighted by Crippen LogP contribution is -2.45. The molecule has 0 radical (unpaired) electrons. The van der Waals surface area contributed by atoms with E-state index in [4.69, 9.17) is 10.5 Å². The van der Waals surface area contributed by atoms with Crippen LogP contribution in [-0.2, 0) is 14.6 Å². The van der Waals surface area contributed by atoms with Crippen LogP contribution < -0.4 is 10.5 Å². The number of amides is 2. The second-order valence-corrected chi connectivity index (χ2v) is 8.50. The number of hydrogen-bond acceptors (Lipinski definition) is 5. The Hall–Kier alpha value is -2.09. The summed E-state index contributed by atoms with van der Waals surface area (Å²) in [6.07, 6.45) is 2.32. The van der Waals surface area contributed by atoms with E-state index in [-0.39, 0.29) is 36.1 Å². The lowest BCUT2D eigenvalue weighted by atomic mass is 10.2. The number of hydrogen-bond donors (Lipinski definition) is 1. The van der Waals surface area contributed by atoms with Crippen molar-refractivity contribution in [1.82, 2.24) is 4.90 Å². The van der Waals surface area contributed by atoms with Gasteiger partial charge >= 0.3 is 0 Å². The van der Waals surface area contributed by atoms with E-state index in [1.54, 1.807) is 17.0 Å². The maximum Gasteiger partial charge on any atom is 0.261 e. The molecule has 1 aliphatic carbocycles. The summed E-state index contributed by atoms with van der Waals surface area (Å²) in [5.41, 5.74) is 5.53. The van der Waals surface area contributed by atoms with Gasteiger partial charge in [-0.3, -0.25) is 9.59 Å². The van der Waals surface area contributed by atoms with Crippen LogP contribution in [-0.4, -0.2) is 55.3 Å². The Labute approximate surface area is 140 Å². The van der Waals surface area contributed by atoms with Gasteiger partial charge in [0.25, 0.3) is 5.91 Å². The predicted octanol–water partition coefficient (Wildman–Crippen LogP) is 0.342. The van der Waals surface area contributed by atoms with Crippen LogP contribution in [0, 0.1) is 0 Å². The van der Waals surface area contributed by atoms with Crippen LogP contribution in [0.25, 0.3) is 0 Å². The van der Waals surface area contributed by atoms with Gasteiger partial charge in [-0.15, -0.1) is 0 Å². The van der Waals surface area contributed by atoms with Crippen molar-refractivity contribution in [2.24, 2.45) is 5.73 Å². The first-order valence-corrected chi connectivity index (χ1v) is 9.72. The van der Waals surface area contributed by atoms with Crippen molar-refractivity contribution in [1.29, 1.82) is 0 Å². The molecule has 24 heavy (non-hydrogen) atoms. The molecular formula is C16H20N2O5S. The smallest absolute Gasteiger partial charge is 0.261 e. The van der Waals surface area contributed by atoms with Crippen molar-refractivity contribution in [2.45, 2.75) is 31.3 Å². The fraction of sp³-hybridized carbons (Fsp3) is 0.500. The lowest BCUT2D eigenvalue weighted by molar-refractivity contribution is -0.135. The molecule has 1 saturated carbocycles. The van der Waals surface area contributed by atoms with Crippen LogP contribution in [0.4, 0.5) is 0 Å². The van der Waals surface area contributed by atoms with Crippen LogP contribution in [0.15, 0.2) is 24.3 Å². The number of benzene rings is 1. The fourth-order valence-electron chi connectivity index (χ4n) is 2.99. The quantitative estimate of drug-likeness (QED) is 0.795. The van der Waals surface area contributed by atoms with Gasteiger partial charge in [-0.1, -0.05) is 0 Å². The Morgan fingerprint density at radius 1 is 1.12 bits per heavy atom. The molecule has 2 amide bonds. The minimum atomic E-state index is -3.04. The normalized spacial score (nSPS) is 22.1. The van der Waals surface area contributed by atoms with Gasteiger partial charge in [-0.05, 0) is 43.5 Å². The number of nitrogens with zero attached hydrogens (tertiary/aromatic N) is 1. The van der Waals surface area contributed by atoms with E-state index in [0.29, 0.717) is 17.7 Å². The van der Waals surface area contributed by atoms with Gasteiger partial charge in [0.1, 0.15) is 5.75 Å². The number of carbonyl (C=O) groups excluding carboxylic acids is 2. The summed E-state index contributed by atoms with van der Waals surface area (Å²) in [5.74, 6) is -0.0757. The largest absolute Gasteiger partial charge is 0.484 e. The number of sulfone groups is 1. The molecule has 7 nitrogen and oxygen atoms in total. The topological polar surface area (TPSA) is 107 Å². The van der Waals surface area contributed by atoms with Crippen LogP contribution in [0.5, 0.6) is 5.75 Å². The molecule has 3 rings (SSSR count). The minimum Gasteiger partial charge on any atom is -0.484 e. The van der Waals surface area contributed by atoms with Crippen LogP contribution in [0.1, 0.15) is 29.6 Å². The third-order valence-corrected chi connectivity index (χ3v) is 6.08. The van der Waals surface area contributed by atoms with Gasteiger partial charge in [0, 0.05) is 17.6 Å². The molecule has 0 spiro atoms. The Morgan fingerprint density at radius 3 is 2.29 bits per heavy atom. The zero-order valence-electron chi connectivity index (χ0n) is 13.2. The molecule has 1 saturated heterocycles. The monoisotopic (exact) mass is 352 g/mol. The second-order valence-electron chi connectivity index (χ2n) is 6.27. The highest BCUT2D eigenvalue weighted by molar-refractivity contribution is 7.91. The molecule has 1 aromatic rings. The third kappa shape index (κ3) is 3.87. The van der Waals surface area contributed by atoms with E-state index in [2.05, 4.69) is 0 Å². The summed E-state index contributed by atoms with van der Waals surface area (Å²) in [4.78, 5) is 25.2. The first-order chi connectivity index (χ1) is 11.4. The summed E-state index contributed by atoms with van der Waals surface area (Å²) in [5, 5.41) is 0. The minimum absolute atomic E-state index is 0.0442. The van der Waals surface area contributed by atoms with Gasteiger partial charge in [0.05, 0.1) is 11.5 Å². The van der Waals surface area contributed by atoms with E-state index >= 15 is 0 Å². The number of ether oxygens (including phenoxy) is 1. The zero-order chi connectivity index (χ0) is 17.3. The van der Waals surface area contributed by atoms with Crippen molar-refractivity contribution in [3.05, 3.63) is 29.8 Å². The number of carbonyl (C=O) groups is 2. The van der Waals surface area contributed by atoms with Gasteiger partial charge in [0.2, 0.25) is 5.91 Å². The molecule has 2 N–H and O–H groups in total. The van der Waals surface area contributed by atoms with Gasteiger partial charge in [-0.25, -0.2) is 8.42 Å². The van der Waals surface area contributed by atoms with Crippen molar-refractivity contribution >= 4 is 21.7 Å². The summed E-state index contributed by atoms with van der Waals surface area (Å²) >= 11 is 0. The molecule has 2 aliphatic rings. The van der Waals surface area contributed by atoms with Crippen molar-refractivity contribution in [3.8, 4) is 5.75 Å². The molecule has 130 valence electrons. The summed E-state index contributed by atoms with van der Waals surface area (Å²) in [7, 11) is -3.04. The molecule has 0 aromatic heterocycles. The van der Waals surface area contributed by atoms with E-state index in [1.807, 2.05) is 0 Å². The first kappa shape index (κ1) is 16.8. The Balaban J connectivity index is 1.61. The summed E-state index contributed by atoms with van der Waals surface area (Å²) < 4.78 is 28.8. The Bertz CT molecular complexity index is 740. The van der Waals surface area contributed by atoms with Crippen molar-refractivity contribution in [3.63, 3.8) is 0 Å². The first-order valence-electron chi connectivity index (χ1n) is 7.90. The standard InChI is InChI=1S/C16H20N2O5S/c17-16(20)11-1-5-14(6-2-11)23-9-15(19)18(12-3-4-12)13-7-8-24(21,22)10-13/h1-2,5-6,12-13H,3-4,7-10H2,(H2,17,20)/t13-/m1/s1. The molecule has 1 aliphatic heterocycles. The van der Waals surface area contributed by atoms with E-state index in [1.165, 1.54) is 12.1 Å². The van der Waals surface area contributed by atoms with E-state index < -0.39 is 15.7 Å². The summed E-state index contributed by atoms with van der Waals surface area (Å²) in [6, 6.07) is 6.12. The maximum absolute atomic E-state index is 12.5.